The Morgan fingerprint density at radius 3 is 2.43 bits per heavy atom. The van der Waals surface area contributed by atoms with E-state index in [1.165, 1.54) is 16.8 Å². The van der Waals surface area contributed by atoms with Gasteiger partial charge in [-0.05, 0) is 31.2 Å². The molecule has 1 aromatic carbocycles. The Hall–Kier alpha value is -3.17. The van der Waals surface area contributed by atoms with Gasteiger partial charge in [0, 0.05) is 17.6 Å². The van der Waals surface area contributed by atoms with Crippen LogP contribution in [0.2, 0.25) is 5.02 Å². The lowest BCUT2D eigenvalue weighted by Gasteiger charge is -2.03. The van der Waals surface area contributed by atoms with Gasteiger partial charge in [-0.15, -0.1) is 11.3 Å². The Morgan fingerprint density at radius 1 is 1.18 bits per heavy atom. The third-order valence-corrected chi connectivity index (χ3v) is 5.17. The summed E-state index contributed by atoms with van der Waals surface area (Å²) in [7, 11) is 1.68. The summed E-state index contributed by atoms with van der Waals surface area (Å²) in [5, 5.41) is 28.3. The molecule has 3 rings (SSSR count). The standard InChI is InChI=1S/C18H15ClN4O4S/c1-9(20-21-17(25)12-7-8-13(28-12)18(26)27)14-16(24)15(23(2)22-14)10-3-5-11(19)6-4-10/h3-8,24H,1-2H3,(H,21,25)(H,26,27). The first-order valence-electron chi connectivity index (χ1n) is 7.98. The molecule has 1 amide bonds. The molecule has 0 spiro atoms. The minimum absolute atomic E-state index is 0.0563. The van der Waals surface area contributed by atoms with E-state index in [4.69, 9.17) is 16.7 Å². The summed E-state index contributed by atoms with van der Waals surface area (Å²) in [6, 6.07) is 9.68. The van der Waals surface area contributed by atoms with Gasteiger partial charge < -0.3 is 10.2 Å². The van der Waals surface area contributed by atoms with Crippen molar-refractivity contribution in [1.82, 2.24) is 15.2 Å². The van der Waals surface area contributed by atoms with Crippen molar-refractivity contribution >= 4 is 40.5 Å². The quantitative estimate of drug-likeness (QED) is 0.434. The van der Waals surface area contributed by atoms with Gasteiger partial charge in [-0.25, -0.2) is 10.2 Å². The Bertz CT molecular complexity index is 1090. The number of nitrogens with one attached hydrogen (secondary N) is 1. The maximum Gasteiger partial charge on any atom is 0.345 e. The lowest BCUT2D eigenvalue weighted by molar-refractivity contribution is 0.0702. The number of carboxylic acid groups (broad SMARTS) is 1. The number of aromatic carboxylic acids is 1. The Morgan fingerprint density at radius 2 is 1.82 bits per heavy atom. The van der Waals surface area contributed by atoms with E-state index in [2.05, 4.69) is 15.6 Å². The van der Waals surface area contributed by atoms with E-state index in [9.17, 15) is 14.7 Å². The number of carboxylic acids is 1. The van der Waals surface area contributed by atoms with Gasteiger partial charge in [0.15, 0.2) is 11.4 Å². The molecule has 0 aliphatic rings. The number of aromatic hydroxyl groups is 1. The highest BCUT2D eigenvalue weighted by Crippen LogP contribution is 2.32. The highest BCUT2D eigenvalue weighted by molar-refractivity contribution is 7.15. The zero-order valence-corrected chi connectivity index (χ0v) is 16.4. The van der Waals surface area contributed by atoms with Crippen LogP contribution in [-0.4, -0.2) is 37.6 Å². The van der Waals surface area contributed by atoms with Gasteiger partial charge in [0.25, 0.3) is 5.91 Å². The van der Waals surface area contributed by atoms with E-state index in [0.29, 0.717) is 10.7 Å². The molecule has 0 fully saturated rings. The van der Waals surface area contributed by atoms with Crippen molar-refractivity contribution in [2.24, 2.45) is 12.1 Å². The number of rotatable bonds is 5. The van der Waals surface area contributed by atoms with Crippen LogP contribution in [0.3, 0.4) is 0 Å². The average molecular weight is 419 g/mol. The number of carbonyl (C=O) groups excluding carboxylic acids is 1. The van der Waals surface area contributed by atoms with Crippen LogP contribution >= 0.6 is 22.9 Å². The molecule has 28 heavy (non-hydrogen) atoms. The molecule has 0 saturated carbocycles. The molecule has 0 aliphatic carbocycles. The number of amides is 1. The molecule has 0 atom stereocenters. The maximum absolute atomic E-state index is 12.1. The van der Waals surface area contributed by atoms with Gasteiger partial charge in [0.05, 0.1) is 10.6 Å². The summed E-state index contributed by atoms with van der Waals surface area (Å²) in [4.78, 5) is 23.3. The van der Waals surface area contributed by atoms with Gasteiger partial charge in [-0.3, -0.25) is 9.48 Å². The highest BCUT2D eigenvalue weighted by atomic mass is 35.5. The van der Waals surface area contributed by atoms with Crippen molar-refractivity contribution in [3.8, 4) is 17.0 Å². The van der Waals surface area contributed by atoms with Gasteiger partial charge in [-0.1, -0.05) is 23.7 Å². The molecule has 2 heterocycles. The zero-order chi connectivity index (χ0) is 20.4. The highest BCUT2D eigenvalue weighted by Gasteiger charge is 2.19. The SMILES string of the molecule is CC(=NNC(=O)c1ccc(C(=O)O)s1)c1nn(C)c(-c2ccc(Cl)cc2)c1O. The molecule has 144 valence electrons. The molecule has 3 N–H and O–H groups in total. The molecule has 0 saturated heterocycles. The zero-order valence-electron chi connectivity index (χ0n) is 14.8. The fourth-order valence-corrected chi connectivity index (χ4v) is 3.37. The summed E-state index contributed by atoms with van der Waals surface area (Å²) in [6.07, 6.45) is 0. The van der Waals surface area contributed by atoms with Gasteiger partial charge in [-0.2, -0.15) is 10.2 Å². The number of nitrogens with zero attached hydrogens (tertiary/aromatic N) is 3. The maximum atomic E-state index is 12.1. The fraction of sp³-hybridized carbons (Fsp3) is 0.111. The number of thiophene rings is 1. The number of carbonyl (C=O) groups is 2. The molecule has 3 aromatic rings. The van der Waals surface area contributed by atoms with Crippen LogP contribution in [0.15, 0.2) is 41.5 Å². The lowest BCUT2D eigenvalue weighted by Crippen LogP contribution is -2.18. The van der Waals surface area contributed by atoms with Crippen molar-refractivity contribution in [2.45, 2.75) is 6.92 Å². The summed E-state index contributed by atoms with van der Waals surface area (Å²) >= 11 is 6.74. The van der Waals surface area contributed by atoms with E-state index < -0.39 is 11.9 Å². The lowest BCUT2D eigenvalue weighted by atomic mass is 10.1. The smallest absolute Gasteiger partial charge is 0.345 e. The number of hydrazone groups is 1. The topological polar surface area (TPSA) is 117 Å². The summed E-state index contributed by atoms with van der Waals surface area (Å²) in [5.41, 5.74) is 4.05. The molecule has 8 nitrogen and oxygen atoms in total. The summed E-state index contributed by atoms with van der Waals surface area (Å²) in [6.45, 7) is 1.59. The van der Waals surface area contributed by atoms with Crippen LogP contribution in [0.1, 0.15) is 32.0 Å². The van der Waals surface area contributed by atoms with Crippen molar-refractivity contribution in [2.75, 3.05) is 0 Å². The van der Waals surface area contributed by atoms with Crippen molar-refractivity contribution in [3.05, 3.63) is 56.9 Å². The largest absolute Gasteiger partial charge is 0.504 e. The number of halogens is 1. The molecule has 10 heteroatoms. The Labute approximate surface area is 168 Å². The van der Waals surface area contributed by atoms with E-state index in [1.54, 1.807) is 38.2 Å². The Balaban J connectivity index is 1.83. The first-order chi connectivity index (χ1) is 13.3. The molecule has 0 unspecified atom stereocenters. The monoisotopic (exact) mass is 418 g/mol. The second-order valence-electron chi connectivity index (χ2n) is 5.78. The minimum atomic E-state index is -1.10. The second kappa shape index (κ2) is 7.83. The van der Waals surface area contributed by atoms with Crippen LogP contribution < -0.4 is 5.43 Å². The van der Waals surface area contributed by atoms with Crippen LogP contribution in [0.5, 0.6) is 5.75 Å². The van der Waals surface area contributed by atoms with Crippen molar-refractivity contribution in [1.29, 1.82) is 0 Å². The number of aromatic nitrogens is 2. The number of benzene rings is 1. The molecule has 0 radical (unpaired) electrons. The van der Waals surface area contributed by atoms with E-state index in [-0.39, 0.29) is 26.9 Å². The molecular weight excluding hydrogens is 404 g/mol. The van der Waals surface area contributed by atoms with E-state index in [0.717, 1.165) is 16.9 Å². The summed E-state index contributed by atoms with van der Waals surface area (Å²) < 4.78 is 1.51. The van der Waals surface area contributed by atoms with Crippen molar-refractivity contribution < 1.29 is 19.8 Å². The van der Waals surface area contributed by atoms with E-state index in [1.807, 2.05) is 0 Å². The van der Waals surface area contributed by atoms with E-state index >= 15 is 0 Å². The van der Waals surface area contributed by atoms with Crippen LogP contribution in [0.25, 0.3) is 11.3 Å². The number of hydrogen-bond acceptors (Lipinski definition) is 6. The second-order valence-corrected chi connectivity index (χ2v) is 7.30. The van der Waals surface area contributed by atoms with Gasteiger partial charge >= 0.3 is 5.97 Å². The normalized spacial score (nSPS) is 11.5. The molecule has 2 aromatic heterocycles. The molecular formula is C18H15ClN4O4S. The third kappa shape index (κ3) is 3.90. The average Bonchev–Trinajstić information content (AvgIpc) is 3.26. The van der Waals surface area contributed by atoms with Crippen LogP contribution in [-0.2, 0) is 7.05 Å². The number of aryl methyl sites for hydroxylation is 1. The molecule has 0 bridgehead atoms. The fourth-order valence-electron chi connectivity index (χ4n) is 2.51. The molecule has 0 aliphatic heterocycles. The Kier molecular flexibility index (Phi) is 5.48. The summed E-state index contributed by atoms with van der Waals surface area (Å²) in [5.74, 6) is -1.73. The van der Waals surface area contributed by atoms with Crippen LogP contribution in [0, 0.1) is 0 Å². The third-order valence-electron chi connectivity index (χ3n) is 3.85. The predicted octanol–water partition coefficient (Wildman–Crippen LogP) is 3.36. The van der Waals surface area contributed by atoms with Crippen LogP contribution in [0.4, 0.5) is 0 Å². The van der Waals surface area contributed by atoms with Gasteiger partial charge in [0.2, 0.25) is 0 Å². The number of hydrogen-bond donors (Lipinski definition) is 3. The first kappa shape index (κ1) is 19.6. The van der Waals surface area contributed by atoms with Crippen molar-refractivity contribution in [3.63, 3.8) is 0 Å². The predicted molar refractivity (Wildman–Crippen MR) is 106 cm³/mol. The van der Waals surface area contributed by atoms with Gasteiger partial charge in [0.1, 0.15) is 10.6 Å². The minimum Gasteiger partial charge on any atom is -0.504 e. The first-order valence-corrected chi connectivity index (χ1v) is 9.17.